The van der Waals surface area contributed by atoms with Gasteiger partial charge in [0.25, 0.3) is 0 Å². The van der Waals surface area contributed by atoms with E-state index >= 15 is 0 Å². The molecule has 0 fully saturated rings. The molecule has 1 aromatic carbocycles. The Morgan fingerprint density at radius 1 is 1.09 bits per heavy atom. The van der Waals surface area contributed by atoms with Crippen molar-refractivity contribution in [3.63, 3.8) is 0 Å². The number of hydrogen-bond donors (Lipinski definition) is 2. The number of anilines is 1. The number of nitrogens with one attached hydrogen (secondary N) is 2. The van der Waals surface area contributed by atoms with Crippen molar-refractivity contribution in [2.75, 3.05) is 19.5 Å². The number of methoxy groups -OCH3 is 1. The number of halogens is 4. The first-order valence-electron chi connectivity index (χ1n) is 9.61. The minimum atomic E-state index is -4.63. The van der Waals surface area contributed by atoms with Crippen molar-refractivity contribution < 1.29 is 22.3 Å². The summed E-state index contributed by atoms with van der Waals surface area (Å²) in [6, 6.07) is 3.60. The Kier molecular flexibility index (Phi) is 4.65. The van der Waals surface area contributed by atoms with Gasteiger partial charge >= 0.3 is 12.2 Å². The standard InChI is InChI=1S/C21H15F4N7O/c1-26-14-6-11(22)5-12-16-18(32-4-3-15(31-32)21(23,24)25)13(9-27-19(16)30-17(12)14)10-7-28-20(33-2)29-8-10/h3-9,26H,1-2H3,(H,27,30). The molecular formula is C21H15F4N7O. The van der Waals surface area contributed by atoms with Crippen LogP contribution in [0.4, 0.5) is 23.2 Å². The largest absolute Gasteiger partial charge is 0.467 e. The molecule has 0 aliphatic carbocycles. The molecule has 12 heteroatoms. The van der Waals surface area contributed by atoms with Crippen LogP contribution in [0.5, 0.6) is 6.01 Å². The van der Waals surface area contributed by atoms with Gasteiger partial charge in [-0.2, -0.15) is 18.3 Å². The van der Waals surface area contributed by atoms with Gasteiger partial charge in [-0.25, -0.2) is 24.0 Å². The molecule has 0 saturated heterocycles. The topological polar surface area (TPSA) is 93.5 Å². The highest BCUT2D eigenvalue weighted by Gasteiger charge is 2.34. The average molecular weight is 457 g/mol. The Hall–Kier alpha value is -4.22. The molecule has 4 heterocycles. The second kappa shape index (κ2) is 7.43. The number of aromatic nitrogens is 6. The maximum Gasteiger partial charge on any atom is 0.435 e. The molecule has 0 amide bonds. The van der Waals surface area contributed by atoms with Crippen molar-refractivity contribution in [2.24, 2.45) is 0 Å². The van der Waals surface area contributed by atoms with E-state index in [0.717, 1.165) is 10.7 Å². The van der Waals surface area contributed by atoms with Crippen molar-refractivity contribution in [1.82, 2.24) is 29.7 Å². The van der Waals surface area contributed by atoms with Crippen LogP contribution in [0, 0.1) is 5.82 Å². The highest BCUT2D eigenvalue weighted by atomic mass is 19.4. The lowest BCUT2D eigenvalue weighted by atomic mass is 10.0. The summed E-state index contributed by atoms with van der Waals surface area (Å²) in [6.07, 6.45) is 0.958. The summed E-state index contributed by atoms with van der Waals surface area (Å²) in [4.78, 5) is 15.7. The summed E-state index contributed by atoms with van der Waals surface area (Å²) in [7, 11) is 3.05. The lowest BCUT2D eigenvalue weighted by Crippen LogP contribution is -2.08. The minimum absolute atomic E-state index is 0.126. The van der Waals surface area contributed by atoms with Crippen LogP contribution in [0.25, 0.3) is 38.8 Å². The Bertz CT molecular complexity index is 1490. The predicted molar refractivity (Wildman–Crippen MR) is 113 cm³/mol. The van der Waals surface area contributed by atoms with E-state index in [1.807, 2.05) is 0 Å². The summed E-state index contributed by atoms with van der Waals surface area (Å²) in [6.45, 7) is 0. The van der Waals surface area contributed by atoms with E-state index < -0.39 is 17.7 Å². The highest BCUT2D eigenvalue weighted by Crippen LogP contribution is 2.39. The number of nitrogens with zero attached hydrogens (tertiary/aromatic N) is 5. The quantitative estimate of drug-likeness (QED) is 0.384. The van der Waals surface area contributed by atoms with Crippen LogP contribution in [0.3, 0.4) is 0 Å². The summed E-state index contributed by atoms with van der Waals surface area (Å²) in [5.41, 5.74) is 1.44. The third kappa shape index (κ3) is 3.39. The first-order valence-corrected chi connectivity index (χ1v) is 9.61. The van der Waals surface area contributed by atoms with Gasteiger partial charge in [-0.1, -0.05) is 0 Å². The molecule has 168 valence electrons. The molecule has 0 spiro atoms. The van der Waals surface area contributed by atoms with Crippen LogP contribution >= 0.6 is 0 Å². The maximum absolute atomic E-state index is 14.4. The number of hydrogen-bond acceptors (Lipinski definition) is 6. The van der Waals surface area contributed by atoms with E-state index in [2.05, 4.69) is 30.4 Å². The monoisotopic (exact) mass is 457 g/mol. The van der Waals surface area contributed by atoms with E-state index in [0.29, 0.717) is 38.8 Å². The second-order valence-electron chi connectivity index (χ2n) is 7.10. The van der Waals surface area contributed by atoms with Crippen LogP contribution < -0.4 is 10.1 Å². The molecule has 0 unspecified atom stereocenters. The van der Waals surface area contributed by atoms with E-state index in [-0.39, 0.29) is 11.7 Å². The SMILES string of the molecule is CNc1cc(F)cc2c1[nH]c1ncc(-c3cnc(OC)nc3)c(-n3ccc(C(F)(F)F)n3)c12. The van der Waals surface area contributed by atoms with Gasteiger partial charge in [0.15, 0.2) is 5.69 Å². The fourth-order valence-electron chi connectivity index (χ4n) is 3.72. The molecule has 0 saturated carbocycles. The first-order chi connectivity index (χ1) is 15.8. The van der Waals surface area contributed by atoms with E-state index in [1.54, 1.807) is 7.05 Å². The second-order valence-corrected chi connectivity index (χ2v) is 7.10. The van der Waals surface area contributed by atoms with E-state index in [9.17, 15) is 17.6 Å². The number of fused-ring (bicyclic) bond motifs is 3. The van der Waals surface area contributed by atoms with Crippen LogP contribution in [0.15, 0.2) is 43.0 Å². The molecule has 4 aromatic heterocycles. The molecular weight excluding hydrogens is 442 g/mol. The Morgan fingerprint density at radius 3 is 2.48 bits per heavy atom. The van der Waals surface area contributed by atoms with Gasteiger partial charge in [0.2, 0.25) is 0 Å². The average Bonchev–Trinajstić information content (AvgIpc) is 3.43. The number of benzene rings is 1. The predicted octanol–water partition coefficient (Wildman–Crippen LogP) is 4.57. The number of ether oxygens (including phenoxy) is 1. The first kappa shape index (κ1) is 20.7. The van der Waals surface area contributed by atoms with Crippen molar-refractivity contribution >= 4 is 27.6 Å². The zero-order valence-electron chi connectivity index (χ0n) is 17.2. The van der Waals surface area contributed by atoms with Crippen molar-refractivity contribution in [1.29, 1.82) is 0 Å². The van der Waals surface area contributed by atoms with Crippen molar-refractivity contribution in [3.8, 4) is 22.8 Å². The minimum Gasteiger partial charge on any atom is -0.467 e. The van der Waals surface area contributed by atoms with Gasteiger partial charge in [0, 0.05) is 48.3 Å². The molecule has 0 radical (unpaired) electrons. The number of aromatic amines is 1. The molecule has 0 aliphatic rings. The third-order valence-electron chi connectivity index (χ3n) is 5.17. The number of H-pyrrole nitrogens is 1. The smallest absolute Gasteiger partial charge is 0.435 e. The van der Waals surface area contributed by atoms with Crippen LogP contribution in [0.2, 0.25) is 0 Å². The molecule has 5 aromatic rings. The van der Waals surface area contributed by atoms with Crippen LogP contribution in [-0.2, 0) is 6.18 Å². The van der Waals surface area contributed by atoms with Gasteiger partial charge < -0.3 is 15.0 Å². The lowest BCUT2D eigenvalue weighted by molar-refractivity contribution is -0.141. The number of alkyl halides is 3. The summed E-state index contributed by atoms with van der Waals surface area (Å²) >= 11 is 0. The lowest BCUT2D eigenvalue weighted by Gasteiger charge is -2.12. The summed E-state index contributed by atoms with van der Waals surface area (Å²) in [5, 5.41) is 7.48. The molecule has 0 aliphatic heterocycles. The molecule has 8 nitrogen and oxygen atoms in total. The fraction of sp³-hybridized carbons (Fsp3) is 0.143. The summed E-state index contributed by atoms with van der Waals surface area (Å²) < 4.78 is 60.4. The van der Waals surface area contributed by atoms with Gasteiger partial charge in [0.05, 0.1) is 29.4 Å². The van der Waals surface area contributed by atoms with E-state index in [4.69, 9.17) is 4.74 Å². The molecule has 2 N–H and O–H groups in total. The highest BCUT2D eigenvalue weighted by molar-refractivity contribution is 6.15. The van der Waals surface area contributed by atoms with Gasteiger partial charge in [-0.15, -0.1) is 0 Å². The van der Waals surface area contributed by atoms with Gasteiger partial charge in [-0.3, -0.25) is 0 Å². The van der Waals surface area contributed by atoms with Crippen molar-refractivity contribution in [2.45, 2.75) is 6.18 Å². The molecule has 0 bridgehead atoms. The molecule has 5 rings (SSSR count). The number of rotatable bonds is 4. The van der Waals surface area contributed by atoms with Crippen LogP contribution in [0.1, 0.15) is 5.69 Å². The van der Waals surface area contributed by atoms with Gasteiger partial charge in [0.1, 0.15) is 11.5 Å². The maximum atomic E-state index is 14.4. The van der Waals surface area contributed by atoms with Crippen LogP contribution in [-0.4, -0.2) is 43.9 Å². The molecule has 0 atom stereocenters. The summed E-state index contributed by atoms with van der Waals surface area (Å²) in [5.74, 6) is -0.520. The van der Waals surface area contributed by atoms with Crippen molar-refractivity contribution in [3.05, 3.63) is 54.5 Å². The Labute approximate surface area is 183 Å². The Morgan fingerprint density at radius 2 is 1.85 bits per heavy atom. The third-order valence-corrected chi connectivity index (χ3v) is 5.17. The van der Waals surface area contributed by atoms with Gasteiger partial charge in [-0.05, 0) is 18.2 Å². The normalized spacial score (nSPS) is 11.9. The fourth-order valence-corrected chi connectivity index (χ4v) is 3.72. The Balaban J connectivity index is 1.88. The molecule has 33 heavy (non-hydrogen) atoms. The zero-order valence-corrected chi connectivity index (χ0v) is 17.2. The number of pyridine rings is 1. The zero-order chi connectivity index (χ0) is 23.3. The van der Waals surface area contributed by atoms with E-state index in [1.165, 1.54) is 44.0 Å².